The molecule has 2 aromatic heterocycles. The molecule has 0 saturated carbocycles. The lowest BCUT2D eigenvalue weighted by Gasteiger charge is -2.30. The lowest BCUT2D eigenvalue weighted by Crippen LogP contribution is -2.43. The number of aromatic nitrogens is 2. The largest absolute Gasteiger partial charge is 0.461 e. The van der Waals surface area contributed by atoms with Gasteiger partial charge in [-0.1, -0.05) is 0 Å². The summed E-state index contributed by atoms with van der Waals surface area (Å²) in [6.07, 6.45) is 5.80. The van der Waals surface area contributed by atoms with E-state index in [0.29, 0.717) is 0 Å². The first-order valence-electron chi connectivity index (χ1n) is 6.62. The molecule has 0 aliphatic carbocycles. The van der Waals surface area contributed by atoms with Gasteiger partial charge < -0.3 is 15.1 Å². The van der Waals surface area contributed by atoms with Gasteiger partial charge in [-0.2, -0.15) is 0 Å². The summed E-state index contributed by atoms with van der Waals surface area (Å²) in [7, 11) is 0. The molecule has 0 spiro atoms. The van der Waals surface area contributed by atoms with Crippen LogP contribution in [0.1, 0.15) is 18.6 Å². The highest BCUT2D eigenvalue weighted by Crippen LogP contribution is 2.22. The highest BCUT2D eigenvalue weighted by molar-refractivity contribution is 5.56. The van der Waals surface area contributed by atoms with Crippen LogP contribution >= 0.6 is 0 Å². The average molecular weight is 258 g/mol. The van der Waals surface area contributed by atoms with Crippen LogP contribution in [0, 0.1) is 6.92 Å². The van der Waals surface area contributed by atoms with E-state index >= 15 is 0 Å². The van der Waals surface area contributed by atoms with Crippen LogP contribution < -0.4 is 10.6 Å². The molecule has 0 radical (unpaired) electrons. The van der Waals surface area contributed by atoms with E-state index in [2.05, 4.69) is 14.9 Å². The van der Waals surface area contributed by atoms with E-state index < -0.39 is 0 Å². The standard InChI is InChI=1S/C14H18N4O/c1-10-4-5-13(19-10)11-7-16-14(17-8-11)18-6-2-3-12(15)9-18/h4-5,7-8,12H,2-3,6,9,15H2,1H3. The molecule has 0 amide bonds. The van der Waals surface area contributed by atoms with E-state index in [1.54, 1.807) is 12.4 Å². The summed E-state index contributed by atoms with van der Waals surface area (Å²) in [5.41, 5.74) is 6.88. The van der Waals surface area contributed by atoms with Crippen molar-refractivity contribution in [3.63, 3.8) is 0 Å². The number of anilines is 1. The van der Waals surface area contributed by atoms with Gasteiger partial charge in [-0.05, 0) is 31.9 Å². The molecule has 5 heteroatoms. The van der Waals surface area contributed by atoms with E-state index in [4.69, 9.17) is 10.2 Å². The fourth-order valence-corrected chi connectivity index (χ4v) is 2.39. The van der Waals surface area contributed by atoms with Crippen LogP contribution in [-0.2, 0) is 0 Å². The van der Waals surface area contributed by atoms with Crippen molar-refractivity contribution in [2.75, 3.05) is 18.0 Å². The van der Waals surface area contributed by atoms with Crippen molar-refractivity contribution in [1.82, 2.24) is 9.97 Å². The van der Waals surface area contributed by atoms with Crippen molar-refractivity contribution in [2.24, 2.45) is 5.73 Å². The van der Waals surface area contributed by atoms with E-state index in [0.717, 1.165) is 49.0 Å². The fraction of sp³-hybridized carbons (Fsp3) is 0.429. The van der Waals surface area contributed by atoms with Crippen LogP contribution in [0.25, 0.3) is 11.3 Å². The van der Waals surface area contributed by atoms with Crippen LogP contribution in [0.4, 0.5) is 5.95 Å². The van der Waals surface area contributed by atoms with Crippen molar-refractivity contribution in [3.8, 4) is 11.3 Å². The number of aryl methyl sites for hydroxylation is 1. The second kappa shape index (κ2) is 5.01. The molecule has 100 valence electrons. The van der Waals surface area contributed by atoms with Gasteiger partial charge in [0, 0.05) is 31.5 Å². The Morgan fingerprint density at radius 2 is 2.11 bits per heavy atom. The summed E-state index contributed by atoms with van der Waals surface area (Å²) in [4.78, 5) is 11.0. The maximum absolute atomic E-state index is 5.97. The summed E-state index contributed by atoms with van der Waals surface area (Å²) in [6.45, 7) is 3.74. The Kier molecular flexibility index (Phi) is 3.21. The van der Waals surface area contributed by atoms with Crippen LogP contribution in [0.15, 0.2) is 28.9 Å². The zero-order chi connectivity index (χ0) is 13.2. The van der Waals surface area contributed by atoms with Gasteiger partial charge in [0.25, 0.3) is 0 Å². The Bertz CT molecular complexity index is 549. The number of hydrogen-bond donors (Lipinski definition) is 1. The minimum atomic E-state index is 0.227. The lowest BCUT2D eigenvalue weighted by molar-refractivity contribution is 0.499. The van der Waals surface area contributed by atoms with Gasteiger partial charge in [-0.15, -0.1) is 0 Å². The zero-order valence-electron chi connectivity index (χ0n) is 11.0. The predicted molar refractivity (Wildman–Crippen MR) is 73.9 cm³/mol. The monoisotopic (exact) mass is 258 g/mol. The van der Waals surface area contributed by atoms with Gasteiger partial charge in [-0.25, -0.2) is 9.97 Å². The Morgan fingerprint density at radius 3 is 2.74 bits per heavy atom. The third-order valence-electron chi connectivity index (χ3n) is 3.40. The van der Waals surface area contributed by atoms with Crippen molar-refractivity contribution in [2.45, 2.75) is 25.8 Å². The smallest absolute Gasteiger partial charge is 0.225 e. The number of nitrogens with two attached hydrogens (primary N) is 1. The van der Waals surface area contributed by atoms with Crippen molar-refractivity contribution in [3.05, 3.63) is 30.3 Å². The first-order chi connectivity index (χ1) is 9.22. The topological polar surface area (TPSA) is 68.2 Å². The van der Waals surface area contributed by atoms with Crippen LogP contribution in [0.2, 0.25) is 0 Å². The summed E-state index contributed by atoms with van der Waals surface area (Å²) in [5, 5.41) is 0. The van der Waals surface area contributed by atoms with Gasteiger partial charge >= 0.3 is 0 Å². The number of piperidine rings is 1. The molecule has 3 rings (SSSR count). The summed E-state index contributed by atoms with van der Waals surface area (Å²) >= 11 is 0. The van der Waals surface area contributed by atoms with E-state index in [1.807, 2.05) is 19.1 Å². The van der Waals surface area contributed by atoms with Crippen molar-refractivity contribution < 1.29 is 4.42 Å². The van der Waals surface area contributed by atoms with Gasteiger partial charge in [0.15, 0.2) is 0 Å². The maximum Gasteiger partial charge on any atom is 0.225 e. The van der Waals surface area contributed by atoms with Gasteiger partial charge in [-0.3, -0.25) is 0 Å². The third kappa shape index (κ3) is 2.61. The highest BCUT2D eigenvalue weighted by atomic mass is 16.3. The first kappa shape index (κ1) is 12.2. The Balaban J connectivity index is 1.78. The summed E-state index contributed by atoms with van der Waals surface area (Å²) in [5.74, 6) is 2.45. The molecular weight excluding hydrogens is 240 g/mol. The molecule has 0 aromatic carbocycles. The minimum absolute atomic E-state index is 0.227. The van der Waals surface area contributed by atoms with Gasteiger partial charge in [0.1, 0.15) is 11.5 Å². The molecule has 1 aliphatic rings. The number of nitrogens with zero attached hydrogens (tertiary/aromatic N) is 3. The van der Waals surface area contributed by atoms with Crippen LogP contribution in [-0.4, -0.2) is 29.1 Å². The van der Waals surface area contributed by atoms with E-state index in [-0.39, 0.29) is 6.04 Å². The molecule has 1 atom stereocenters. The normalized spacial score (nSPS) is 19.7. The third-order valence-corrected chi connectivity index (χ3v) is 3.40. The summed E-state index contributed by atoms with van der Waals surface area (Å²) in [6, 6.07) is 4.10. The van der Waals surface area contributed by atoms with Gasteiger partial charge in [0.2, 0.25) is 5.95 Å². The van der Waals surface area contributed by atoms with Crippen LogP contribution in [0.3, 0.4) is 0 Å². The van der Waals surface area contributed by atoms with Crippen molar-refractivity contribution >= 4 is 5.95 Å². The fourth-order valence-electron chi connectivity index (χ4n) is 2.39. The molecule has 2 aromatic rings. The number of hydrogen-bond acceptors (Lipinski definition) is 5. The molecule has 2 N–H and O–H groups in total. The van der Waals surface area contributed by atoms with Crippen LogP contribution in [0.5, 0.6) is 0 Å². The molecule has 1 aliphatic heterocycles. The Labute approximate surface area is 112 Å². The average Bonchev–Trinajstić information content (AvgIpc) is 2.86. The molecule has 1 fully saturated rings. The first-order valence-corrected chi connectivity index (χ1v) is 6.62. The molecule has 5 nitrogen and oxygen atoms in total. The molecule has 0 bridgehead atoms. The summed E-state index contributed by atoms with van der Waals surface area (Å²) < 4.78 is 5.56. The highest BCUT2D eigenvalue weighted by Gasteiger charge is 2.18. The SMILES string of the molecule is Cc1ccc(-c2cnc(N3CCCC(N)C3)nc2)o1. The van der Waals surface area contributed by atoms with Gasteiger partial charge in [0.05, 0.1) is 5.56 Å². The van der Waals surface area contributed by atoms with E-state index in [1.165, 1.54) is 0 Å². The molecular formula is C14H18N4O. The lowest BCUT2D eigenvalue weighted by atomic mass is 10.1. The Hall–Kier alpha value is -1.88. The number of rotatable bonds is 2. The molecule has 1 saturated heterocycles. The zero-order valence-corrected chi connectivity index (χ0v) is 11.0. The predicted octanol–water partition coefficient (Wildman–Crippen LogP) is 1.97. The maximum atomic E-state index is 5.97. The Morgan fingerprint density at radius 1 is 1.32 bits per heavy atom. The molecule has 3 heterocycles. The van der Waals surface area contributed by atoms with E-state index in [9.17, 15) is 0 Å². The quantitative estimate of drug-likeness (QED) is 0.892. The molecule has 1 unspecified atom stereocenters. The molecule has 19 heavy (non-hydrogen) atoms. The van der Waals surface area contributed by atoms with Crippen molar-refractivity contribution in [1.29, 1.82) is 0 Å². The second-order valence-corrected chi connectivity index (χ2v) is 5.03. The minimum Gasteiger partial charge on any atom is -0.461 e. The number of furan rings is 1. The second-order valence-electron chi connectivity index (χ2n) is 5.03.